The van der Waals surface area contributed by atoms with Gasteiger partial charge in [-0.2, -0.15) is 0 Å². The highest BCUT2D eigenvalue weighted by Gasteiger charge is 2.28. The van der Waals surface area contributed by atoms with Gasteiger partial charge in [0.25, 0.3) is 5.91 Å². The fourth-order valence-electron chi connectivity index (χ4n) is 3.98. The first-order valence-corrected chi connectivity index (χ1v) is 10.7. The van der Waals surface area contributed by atoms with Crippen LogP contribution in [0.3, 0.4) is 0 Å². The number of benzene rings is 2. The van der Waals surface area contributed by atoms with Gasteiger partial charge in [-0.3, -0.25) is 9.59 Å². The van der Waals surface area contributed by atoms with Gasteiger partial charge in [-0.05, 0) is 56.0 Å². The van der Waals surface area contributed by atoms with E-state index < -0.39 is 0 Å². The highest BCUT2D eigenvalue weighted by Crippen LogP contribution is 2.23. The molecule has 0 spiro atoms. The van der Waals surface area contributed by atoms with Crippen molar-refractivity contribution in [3.05, 3.63) is 60.2 Å². The monoisotopic (exact) mass is 408 g/mol. The molecule has 2 amide bonds. The zero-order valence-corrected chi connectivity index (χ0v) is 17.1. The molecule has 6 nitrogen and oxygen atoms in total. The van der Waals surface area contributed by atoms with Crippen molar-refractivity contribution in [2.24, 2.45) is 5.92 Å². The van der Waals surface area contributed by atoms with Crippen LogP contribution in [0.1, 0.15) is 36.0 Å². The molecule has 4 rings (SSSR count). The van der Waals surface area contributed by atoms with Crippen LogP contribution in [-0.4, -0.2) is 49.1 Å². The van der Waals surface area contributed by atoms with Gasteiger partial charge in [-0.25, -0.2) is 0 Å². The first-order valence-electron chi connectivity index (χ1n) is 10.7. The molecule has 1 N–H and O–H groups in total. The molecular weight excluding hydrogens is 380 g/mol. The quantitative estimate of drug-likeness (QED) is 0.791. The molecule has 1 atom stereocenters. The van der Waals surface area contributed by atoms with Gasteiger partial charge in [0.2, 0.25) is 5.91 Å². The number of piperidine rings is 1. The number of ether oxygens (including phenoxy) is 2. The van der Waals surface area contributed by atoms with Gasteiger partial charge >= 0.3 is 0 Å². The highest BCUT2D eigenvalue weighted by molar-refractivity contribution is 5.95. The molecule has 6 heteroatoms. The predicted molar refractivity (Wildman–Crippen MR) is 115 cm³/mol. The summed E-state index contributed by atoms with van der Waals surface area (Å²) in [6.45, 7) is 2.46. The number of carbonyl (C=O) groups is 2. The second-order valence-corrected chi connectivity index (χ2v) is 7.90. The van der Waals surface area contributed by atoms with Crippen LogP contribution < -0.4 is 10.1 Å². The largest absolute Gasteiger partial charge is 0.491 e. The fraction of sp³-hybridized carbons (Fsp3) is 0.417. The molecular formula is C24H28N2O4. The smallest absolute Gasteiger partial charge is 0.253 e. The molecule has 2 fully saturated rings. The minimum atomic E-state index is -0.0738. The molecule has 2 heterocycles. The van der Waals surface area contributed by atoms with E-state index in [9.17, 15) is 9.59 Å². The normalized spacial score (nSPS) is 19.5. The molecule has 0 saturated carbocycles. The van der Waals surface area contributed by atoms with E-state index in [-0.39, 0.29) is 23.8 Å². The summed E-state index contributed by atoms with van der Waals surface area (Å²) in [5, 5.41) is 2.96. The van der Waals surface area contributed by atoms with Gasteiger partial charge in [0.05, 0.1) is 6.10 Å². The lowest BCUT2D eigenvalue weighted by Gasteiger charge is -2.31. The van der Waals surface area contributed by atoms with Crippen LogP contribution in [-0.2, 0) is 9.53 Å². The molecule has 2 aromatic carbocycles. The van der Waals surface area contributed by atoms with Gasteiger partial charge in [0.15, 0.2) is 0 Å². The number of rotatable bonds is 6. The van der Waals surface area contributed by atoms with E-state index in [0.717, 1.165) is 25.1 Å². The van der Waals surface area contributed by atoms with Crippen LogP contribution in [0.25, 0.3) is 0 Å². The Labute approximate surface area is 177 Å². The molecule has 2 aromatic rings. The number of para-hydroxylation sites is 1. The fourth-order valence-corrected chi connectivity index (χ4v) is 3.98. The van der Waals surface area contributed by atoms with Crippen LogP contribution in [0, 0.1) is 5.92 Å². The Morgan fingerprint density at radius 3 is 2.57 bits per heavy atom. The van der Waals surface area contributed by atoms with Crippen molar-refractivity contribution < 1.29 is 19.1 Å². The minimum Gasteiger partial charge on any atom is -0.491 e. The Hall–Kier alpha value is -2.86. The number of amides is 2. The third kappa shape index (κ3) is 5.19. The van der Waals surface area contributed by atoms with Gasteiger partial charge in [-0.1, -0.05) is 24.3 Å². The van der Waals surface area contributed by atoms with E-state index in [1.807, 2.05) is 53.4 Å². The maximum Gasteiger partial charge on any atom is 0.253 e. The number of nitrogens with zero attached hydrogens (tertiary/aromatic N) is 1. The topological polar surface area (TPSA) is 67.9 Å². The molecule has 158 valence electrons. The Kier molecular flexibility index (Phi) is 6.64. The lowest BCUT2D eigenvalue weighted by molar-refractivity contribution is -0.121. The second-order valence-electron chi connectivity index (χ2n) is 7.90. The summed E-state index contributed by atoms with van der Waals surface area (Å²) < 4.78 is 11.4. The van der Waals surface area contributed by atoms with Crippen molar-refractivity contribution in [3.63, 3.8) is 0 Å². The van der Waals surface area contributed by atoms with Crippen LogP contribution in [0.15, 0.2) is 54.6 Å². The summed E-state index contributed by atoms with van der Waals surface area (Å²) in [7, 11) is 0. The molecule has 0 radical (unpaired) electrons. The molecule has 1 unspecified atom stereocenters. The van der Waals surface area contributed by atoms with Crippen molar-refractivity contribution >= 4 is 17.5 Å². The first-order chi connectivity index (χ1) is 14.7. The predicted octanol–water partition coefficient (Wildman–Crippen LogP) is 3.74. The summed E-state index contributed by atoms with van der Waals surface area (Å²) >= 11 is 0. The van der Waals surface area contributed by atoms with E-state index in [0.29, 0.717) is 43.9 Å². The number of nitrogens with one attached hydrogen (secondary N) is 1. The van der Waals surface area contributed by atoms with Gasteiger partial charge in [0.1, 0.15) is 12.4 Å². The number of likely N-dealkylation sites (tertiary alicyclic amines) is 1. The van der Waals surface area contributed by atoms with E-state index in [1.54, 1.807) is 6.07 Å². The van der Waals surface area contributed by atoms with Crippen LogP contribution in [0.4, 0.5) is 5.69 Å². The van der Waals surface area contributed by atoms with E-state index >= 15 is 0 Å². The summed E-state index contributed by atoms with van der Waals surface area (Å²) in [6, 6.07) is 16.8. The standard InChI is InChI=1S/C24H28N2O4/c27-23(25-20-7-2-1-3-8-20)18-11-13-26(14-12-18)24(28)19-6-4-9-21(16-19)30-17-22-10-5-15-29-22/h1-4,6-9,16,18,22H,5,10-15,17H2,(H,25,27). The molecule has 2 aliphatic heterocycles. The van der Waals surface area contributed by atoms with Crippen LogP contribution >= 0.6 is 0 Å². The van der Waals surface area contributed by atoms with Crippen LogP contribution in [0.2, 0.25) is 0 Å². The number of carbonyl (C=O) groups excluding carboxylic acids is 2. The average Bonchev–Trinajstić information content (AvgIpc) is 3.32. The van der Waals surface area contributed by atoms with E-state index in [2.05, 4.69) is 5.32 Å². The zero-order valence-electron chi connectivity index (χ0n) is 17.1. The second kappa shape index (κ2) is 9.76. The minimum absolute atomic E-state index is 0.0144. The van der Waals surface area contributed by atoms with Crippen molar-refractivity contribution in [2.75, 3.05) is 31.6 Å². The first kappa shape index (κ1) is 20.4. The highest BCUT2D eigenvalue weighted by atomic mass is 16.5. The molecule has 2 saturated heterocycles. The number of hydrogen-bond donors (Lipinski definition) is 1. The van der Waals surface area contributed by atoms with Crippen molar-refractivity contribution in [1.29, 1.82) is 0 Å². The van der Waals surface area contributed by atoms with E-state index in [1.165, 1.54) is 0 Å². The third-order valence-electron chi connectivity index (χ3n) is 5.74. The average molecular weight is 408 g/mol. The third-order valence-corrected chi connectivity index (χ3v) is 5.74. The molecule has 2 aliphatic rings. The van der Waals surface area contributed by atoms with Crippen molar-refractivity contribution in [1.82, 2.24) is 4.90 Å². The summed E-state index contributed by atoms with van der Waals surface area (Å²) in [4.78, 5) is 27.2. The molecule has 0 aliphatic carbocycles. The Morgan fingerprint density at radius 2 is 1.83 bits per heavy atom. The maximum absolute atomic E-state index is 12.9. The van der Waals surface area contributed by atoms with Crippen LogP contribution in [0.5, 0.6) is 5.75 Å². The lowest BCUT2D eigenvalue weighted by Crippen LogP contribution is -2.41. The number of anilines is 1. The Balaban J connectivity index is 1.28. The molecule has 30 heavy (non-hydrogen) atoms. The summed E-state index contributed by atoms with van der Waals surface area (Å²) in [5.41, 5.74) is 1.42. The van der Waals surface area contributed by atoms with E-state index in [4.69, 9.17) is 9.47 Å². The van der Waals surface area contributed by atoms with Gasteiger partial charge in [0, 0.05) is 36.9 Å². The van der Waals surface area contributed by atoms with Crippen molar-refractivity contribution in [3.8, 4) is 5.75 Å². The maximum atomic E-state index is 12.9. The Bertz CT molecular complexity index is 857. The number of hydrogen-bond acceptors (Lipinski definition) is 4. The van der Waals surface area contributed by atoms with Crippen molar-refractivity contribution in [2.45, 2.75) is 31.8 Å². The Morgan fingerprint density at radius 1 is 1.03 bits per heavy atom. The van der Waals surface area contributed by atoms with Gasteiger partial charge < -0.3 is 19.7 Å². The zero-order chi connectivity index (χ0) is 20.8. The molecule has 0 bridgehead atoms. The SMILES string of the molecule is O=C(Nc1ccccc1)C1CCN(C(=O)c2cccc(OCC3CCCO3)c2)CC1. The summed E-state index contributed by atoms with van der Waals surface area (Å²) in [5.74, 6) is 0.626. The molecule has 0 aromatic heterocycles. The lowest BCUT2D eigenvalue weighted by atomic mass is 9.95. The summed E-state index contributed by atoms with van der Waals surface area (Å²) in [6.07, 6.45) is 3.57. The van der Waals surface area contributed by atoms with Gasteiger partial charge in [-0.15, -0.1) is 0 Å².